The van der Waals surface area contributed by atoms with E-state index in [1.54, 1.807) is 0 Å². The van der Waals surface area contributed by atoms with Gasteiger partial charge < -0.3 is 14.4 Å². The lowest BCUT2D eigenvalue weighted by Crippen LogP contribution is -2.43. The normalized spacial score (nSPS) is 24.2. The van der Waals surface area contributed by atoms with Crippen molar-refractivity contribution in [3.05, 3.63) is 30.1 Å². The van der Waals surface area contributed by atoms with Gasteiger partial charge in [0.1, 0.15) is 5.75 Å². The van der Waals surface area contributed by atoms with Crippen LogP contribution in [0.5, 0.6) is 5.75 Å². The molecule has 0 bridgehead atoms. The lowest BCUT2D eigenvalue weighted by atomic mass is 9.91. The topological polar surface area (TPSA) is 56.6 Å². The van der Waals surface area contributed by atoms with Crippen LogP contribution < -0.4 is 9.64 Å². The van der Waals surface area contributed by atoms with E-state index in [1.807, 2.05) is 6.20 Å². The molecule has 3 heterocycles. The SMILES string of the molecule is C[C@H]1CCc2c(ccc(-c3cnn(C4CCOCC4)c3)c2OC2CCC2)N1C(=O)C1CC1. The maximum atomic E-state index is 13.1. The smallest absolute Gasteiger partial charge is 0.230 e. The molecule has 6 nitrogen and oxygen atoms in total. The molecule has 32 heavy (non-hydrogen) atoms. The summed E-state index contributed by atoms with van der Waals surface area (Å²) in [4.78, 5) is 15.2. The predicted molar refractivity (Wildman–Crippen MR) is 123 cm³/mol. The molecule has 0 unspecified atom stereocenters. The van der Waals surface area contributed by atoms with E-state index in [0.717, 1.165) is 87.1 Å². The fourth-order valence-electron chi connectivity index (χ4n) is 5.31. The van der Waals surface area contributed by atoms with E-state index in [-0.39, 0.29) is 18.1 Å². The molecule has 0 N–H and O–H groups in total. The summed E-state index contributed by atoms with van der Waals surface area (Å²) >= 11 is 0. The van der Waals surface area contributed by atoms with Crippen LogP contribution in [-0.4, -0.2) is 41.0 Å². The average molecular weight is 436 g/mol. The highest BCUT2D eigenvalue weighted by atomic mass is 16.5. The van der Waals surface area contributed by atoms with Gasteiger partial charge in [0.2, 0.25) is 5.91 Å². The monoisotopic (exact) mass is 435 g/mol. The van der Waals surface area contributed by atoms with Crippen LogP contribution in [0.15, 0.2) is 24.5 Å². The van der Waals surface area contributed by atoms with Crippen molar-refractivity contribution < 1.29 is 14.3 Å². The second-order valence-corrected chi connectivity index (χ2v) is 10.0. The molecule has 1 aromatic heterocycles. The summed E-state index contributed by atoms with van der Waals surface area (Å²) in [6.45, 7) is 3.79. The predicted octanol–water partition coefficient (Wildman–Crippen LogP) is 4.91. The lowest BCUT2D eigenvalue weighted by molar-refractivity contribution is -0.120. The third kappa shape index (κ3) is 3.62. The van der Waals surface area contributed by atoms with Gasteiger partial charge in [-0.3, -0.25) is 9.48 Å². The van der Waals surface area contributed by atoms with E-state index in [1.165, 1.54) is 12.0 Å². The first-order valence-electron chi connectivity index (χ1n) is 12.5. The van der Waals surface area contributed by atoms with Crippen molar-refractivity contribution in [1.82, 2.24) is 9.78 Å². The molecule has 2 aliphatic heterocycles. The Morgan fingerprint density at radius 3 is 2.62 bits per heavy atom. The van der Waals surface area contributed by atoms with E-state index in [0.29, 0.717) is 11.9 Å². The summed E-state index contributed by atoms with van der Waals surface area (Å²) in [5, 5.41) is 4.71. The molecule has 170 valence electrons. The summed E-state index contributed by atoms with van der Waals surface area (Å²) in [6, 6.07) is 4.96. The van der Waals surface area contributed by atoms with Gasteiger partial charge in [0.15, 0.2) is 0 Å². The number of hydrogen-bond acceptors (Lipinski definition) is 4. The van der Waals surface area contributed by atoms with Crippen molar-refractivity contribution in [1.29, 1.82) is 0 Å². The summed E-state index contributed by atoms with van der Waals surface area (Å²) in [7, 11) is 0. The molecule has 3 fully saturated rings. The third-order valence-electron chi connectivity index (χ3n) is 7.73. The molecule has 4 aliphatic rings. The van der Waals surface area contributed by atoms with Gasteiger partial charge >= 0.3 is 0 Å². The number of aromatic nitrogens is 2. The first-order chi connectivity index (χ1) is 15.7. The fraction of sp³-hybridized carbons (Fsp3) is 0.615. The molecule has 0 radical (unpaired) electrons. The molecule has 1 saturated heterocycles. The minimum atomic E-state index is 0.219. The summed E-state index contributed by atoms with van der Waals surface area (Å²) in [5.41, 5.74) is 4.49. The minimum absolute atomic E-state index is 0.219. The van der Waals surface area contributed by atoms with Crippen LogP contribution in [-0.2, 0) is 16.0 Å². The zero-order valence-corrected chi connectivity index (χ0v) is 19.0. The maximum absolute atomic E-state index is 13.1. The molecule has 2 aromatic rings. The first-order valence-corrected chi connectivity index (χ1v) is 12.5. The van der Waals surface area contributed by atoms with Crippen molar-refractivity contribution in [2.75, 3.05) is 18.1 Å². The molecule has 6 heteroatoms. The Bertz CT molecular complexity index is 1000. The summed E-state index contributed by atoms with van der Waals surface area (Å²) in [5.74, 6) is 1.50. The zero-order valence-electron chi connectivity index (χ0n) is 19.0. The van der Waals surface area contributed by atoms with Crippen LogP contribution in [0.2, 0.25) is 0 Å². The van der Waals surface area contributed by atoms with Gasteiger partial charge in [-0.1, -0.05) is 0 Å². The molecular formula is C26H33N3O3. The molecule has 1 amide bonds. The molecule has 1 aromatic carbocycles. The van der Waals surface area contributed by atoms with E-state index >= 15 is 0 Å². The summed E-state index contributed by atoms with van der Waals surface area (Å²) in [6.07, 6.45) is 13.9. The van der Waals surface area contributed by atoms with Crippen LogP contribution in [0.4, 0.5) is 5.69 Å². The van der Waals surface area contributed by atoms with Gasteiger partial charge in [-0.2, -0.15) is 5.10 Å². The second kappa shape index (κ2) is 8.22. The molecule has 0 spiro atoms. The van der Waals surface area contributed by atoms with E-state index in [2.05, 4.69) is 34.8 Å². The van der Waals surface area contributed by atoms with E-state index in [4.69, 9.17) is 14.6 Å². The second-order valence-electron chi connectivity index (χ2n) is 10.0. The van der Waals surface area contributed by atoms with Crippen molar-refractivity contribution in [2.24, 2.45) is 5.92 Å². The number of ether oxygens (including phenoxy) is 2. The number of carbonyl (C=O) groups is 1. The minimum Gasteiger partial charge on any atom is -0.489 e. The van der Waals surface area contributed by atoms with Gasteiger partial charge in [0.05, 0.1) is 24.0 Å². The van der Waals surface area contributed by atoms with Crippen LogP contribution in [0.3, 0.4) is 0 Å². The highest BCUT2D eigenvalue weighted by Gasteiger charge is 2.39. The fourth-order valence-corrected chi connectivity index (χ4v) is 5.31. The number of amides is 1. The Kier molecular flexibility index (Phi) is 5.21. The van der Waals surface area contributed by atoms with Gasteiger partial charge in [-0.15, -0.1) is 0 Å². The summed E-state index contributed by atoms with van der Waals surface area (Å²) < 4.78 is 14.3. The number of fused-ring (bicyclic) bond motifs is 1. The van der Waals surface area contributed by atoms with Gasteiger partial charge in [0.25, 0.3) is 0 Å². The molecule has 1 atom stereocenters. The van der Waals surface area contributed by atoms with Crippen LogP contribution in [0.1, 0.15) is 69.9 Å². The third-order valence-corrected chi connectivity index (χ3v) is 7.73. The van der Waals surface area contributed by atoms with Crippen LogP contribution >= 0.6 is 0 Å². The standard InChI is InChI=1S/C26H33N3O3/c1-17-5-8-23-24(29(17)26(30)18-6-7-18)10-9-22(25(23)32-21-3-2-4-21)19-15-27-28(16-19)20-11-13-31-14-12-20/h9-10,15-18,20-21H,2-8,11-14H2,1H3/t17-/m0/s1. The highest BCUT2D eigenvalue weighted by molar-refractivity contribution is 5.99. The van der Waals surface area contributed by atoms with Crippen molar-refractivity contribution >= 4 is 11.6 Å². The van der Waals surface area contributed by atoms with Crippen molar-refractivity contribution in [3.8, 4) is 16.9 Å². The molecule has 2 aliphatic carbocycles. The maximum Gasteiger partial charge on any atom is 0.230 e. The van der Waals surface area contributed by atoms with E-state index < -0.39 is 0 Å². The van der Waals surface area contributed by atoms with Gasteiger partial charge in [-0.25, -0.2) is 0 Å². The van der Waals surface area contributed by atoms with Crippen LogP contribution in [0.25, 0.3) is 11.1 Å². The Labute approximate surface area is 189 Å². The Hall–Kier alpha value is -2.34. The van der Waals surface area contributed by atoms with Gasteiger partial charge in [-0.05, 0) is 76.8 Å². The number of carbonyl (C=O) groups excluding carboxylic acids is 1. The number of hydrogen-bond donors (Lipinski definition) is 0. The number of benzene rings is 1. The number of nitrogens with zero attached hydrogens (tertiary/aromatic N) is 3. The average Bonchev–Trinajstić information content (AvgIpc) is 3.53. The Morgan fingerprint density at radius 1 is 1.09 bits per heavy atom. The Morgan fingerprint density at radius 2 is 1.91 bits per heavy atom. The number of anilines is 1. The van der Waals surface area contributed by atoms with Gasteiger partial charge in [0, 0.05) is 48.1 Å². The quantitative estimate of drug-likeness (QED) is 0.670. The molecule has 6 rings (SSSR count). The molecular weight excluding hydrogens is 402 g/mol. The van der Waals surface area contributed by atoms with Crippen molar-refractivity contribution in [3.63, 3.8) is 0 Å². The molecule has 2 saturated carbocycles. The first kappa shape index (κ1) is 20.3. The van der Waals surface area contributed by atoms with Crippen LogP contribution in [0, 0.1) is 5.92 Å². The Balaban J connectivity index is 1.39. The zero-order chi connectivity index (χ0) is 21.7. The lowest BCUT2D eigenvalue weighted by Gasteiger charge is -2.38. The highest BCUT2D eigenvalue weighted by Crippen LogP contribution is 2.46. The van der Waals surface area contributed by atoms with Crippen molar-refractivity contribution in [2.45, 2.75) is 82.9 Å². The largest absolute Gasteiger partial charge is 0.489 e. The van der Waals surface area contributed by atoms with E-state index in [9.17, 15) is 4.79 Å². The number of rotatable bonds is 5.